The topological polar surface area (TPSA) is 29.5 Å². The third-order valence-electron chi connectivity index (χ3n) is 3.72. The maximum Gasteiger partial charge on any atom is 0.0762 e. The largest absolute Gasteiger partial charge is 0.389 e. The summed E-state index contributed by atoms with van der Waals surface area (Å²) in [7, 11) is 1.71. The number of hydrogen-bond donors (Lipinski definition) is 1. The Labute approximate surface area is 118 Å². The summed E-state index contributed by atoms with van der Waals surface area (Å²) in [6, 6.07) is 16.8. The Morgan fingerprint density at radius 1 is 0.950 bits per heavy atom. The number of aliphatic hydroxyl groups excluding tert-OH is 1. The molecule has 0 aromatic heterocycles. The van der Waals surface area contributed by atoms with Crippen molar-refractivity contribution in [1.82, 2.24) is 0 Å². The van der Waals surface area contributed by atoms with E-state index in [0.717, 1.165) is 5.56 Å². The predicted octanol–water partition coefficient (Wildman–Crippen LogP) is 4.19. The maximum absolute atomic E-state index is 9.75. The van der Waals surface area contributed by atoms with Gasteiger partial charge in [0.1, 0.15) is 0 Å². The van der Waals surface area contributed by atoms with Gasteiger partial charge < -0.3 is 9.84 Å². The average Bonchev–Trinajstić information content (AvgIpc) is 2.46. The Kier molecular flexibility index (Phi) is 3.43. The van der Waals surface area contributed by atoms with Crippen LogP contribution in [0.4, 0.5) is 0 Å². The molecule has 1 N–H and O–H groups in total. The van der Waals surface area contributed by atoms with Crippen LogP contribution >= 0.6 is 0 Å². The minimum atomic E-state index is -0.442. The molecule has 3 aromatic carbocycles. The van der Waals surface area contributed by atoms with Gasteiger partial charge in [-0.25, -0.2) is 0 Å². The first kappa shape index (κ1) is 13.1. The molecule has 20 heavy (non-hydrogen) atoms. The van der Waals surface area contributed by atoms with E-state index in [-0.39, 0.29) is 0 Å². The number of methoxy groups -OCH3 is 1. The van der Waals surface area contributed by atoms with Gasteiger partial charge in [-0.05, 0) is 51.7 Å². The Balaban J connectivity index is 2.25. The van der Waals surface area contributed by atoms with Gasteiger partial charge in [0.05, 0.1) is 12.7 Å². The van der Waals surface area contributed by atoms with Crippen LogP contribution in [0.25, 0.3) is 21.5 Å². The minimum Gasteiger partial charge on any atom is -0.389 e. The summed E-state index contributed by atoms with van der Waals surface area (Å²) in [5.41, 5.74) is 2.12. The number of fused-ring (bicyclic) bond motifs is 3. The van der Waals surface area contributed by atoms with Gasteiger partial charge in [0, 0.05) is 7.11 Å². The van der Waals surface area contributed by atoms with Crippen LogP contribution in [0.5, 0.6) is 0 Å². The first-order valence-corrected chi connectivity index (χ1v) is 6.81. The Morgan fingerprint density at radius 3 is 2.45 bits per heavy atom. The van der Waals surface area contributed by atoms with E-state index in [1.54, 1.807) is 14.0 Å². The zero-order valence-corrected chi connectivity index (χ0v) is 11.8. The third kappa shape index (κ3) is 2.28. The molecule has 0 aliphatic heterocycles. The average molecular weight is 266 g/mol. The molecule has 0 saturated heterocycles. The van der Waals surface area contributed by atoms with Crippen LogP contribution in [-0.2, 0) is 11.3 Å². The van der Waals surface area contributed by atoms with Gasteiger partial charge in [0.25, 0.3) is 0 Å². The normalized spacial score (nSPS) is 12.9. The second-order valence-corrected chi connectivity index (χ2v) is 5.21. The van der Waals surface area contributed by atoms with Gasteiger partial charge in [-0.2, -0.15) is 0 Å². The standard InChI is InChI=1S/C18H18O2/c1-12(19)15-6-4-14-5-7-16-9-13(11-20-2)3-8-17(16)18(14)10-15/h3-10,12,19H,11H2,1-2H3. The van der Waals surface area contributed by atoms with Crippen molar-refractivity contribution in [2.75, 3.05) is 7.11 Å². The van der Waals surface area contributed by atoms with Crippen molar-refractivity contribution in [3.8, 4) is 0 Å². The lowest BCUT2D eigenvalue weighted by molar-refractivity contribution is 0.185. The van der Waals surface area contributed by atoms with Crippen molar-refractivity contribution < 1.29 is 9.84 Å². The van der Waals surface area contributed by atoms with E-state index in [1.165, 1.54) is 27.1 Å². The molecular formula is C18H18O2. The molecule has 1 unspecified atom stereocenters. The predicted molar refractivity (Wildman–Crippen MR) is 82.8 cm³/mol. The molecule has 1 atom stereocenters. The van der Waals surface area contributed by atoms with Crippen LogP contribution in [0, 0.1) is 0 Å². The van der Waals surface area contributed by atoms with Crippen molar-refractivity contribution in [1.29, 1.82) is 0 Å². The summed E-state index contributed by atoms with van der Waals surface area (Å²) < 4.78 is 5.18. The molecule has 0 heterocycles. The molecule has 0 aliphatic rings. The van der Waals surface area contributed by atoms with Gasteiger partial charge in [-0.3, -0.25) is 0 Å². The highest BCUT2D eigenvalue weighted by Crippen LogP contribution is 2.28. The highest BCUT2D eigenvalue weighted by Gasteiger charge is 2.05. The molecule has 3 rings (SSSR count). The summed E-state index contributed by atoms with van der Waals surface area (Å²) in [6.45, 7) is 2.42. The van der Waals surface area contributed by atoms with Crippen LogP contribution in [0.15, 0.2) is 48.5 Å². The first-order chi connectivity index (χ1) is 9.69. The van der Waals surface area contributed by atoms with Crippen molar-refractivity contribution in [2.24, 2.45) is 0 Å². The van der Waals surface area contributed by atoms with Gasteiger partial charge in [-0.1, -0.05) is 36.4 Å². The fourth-order valence-corrected chi connectivity index (χ4v) is 2.64. The van der Waals surface area contributed by atoms with E-state index in [4.69, 9.17) is 4.74 Å². The Hall–Kier alpha value is -1.90. The van der Waals surface area contributed by atoms with Crippen LogP contribution in [0.2, 0.25) is 0 Å². The van der Waals surface area contributed by atoms with Crippen LogP contribution in [0.1, 0.15) is 24.2 Å². The summed E-state index contributed by atoms with van der Waals surface area (Å²) in [6.07, 6.45) is -0.442. The van der Waals surface area contributed by atoms with E-state index in [2.05, 4.69) is 42.5 Å². The molecule has 0 spiro atoms. The van der Waals surface area contributed by atoms with Crippen molar-refractivity contribution in [3.63, 3.8) is 0 Å². The molecule has 2 nitrogen and oxygen atoms in total. The molecule has 0 aliphatic carbocycles. The van der Waals surface area contributed by atoms with Crippen LogP contribution in [-0.4, -0.2) is 12.2 Å². The van der Waals surface area contributed by atoms with E-state index in [1.807, 2.05) is 6.07 Å². The molecule has 0 bridgehead atoms. The fourth-order valence-electron chi connectivity index (χ4n) is 2.64. The second kappa shape index (κ2) is 5.23. The monoisotopic (exact) mass is 266 g/mol. The quantitative estimate of drug-likeness (QED) is 0.720. The number of hydrogen-bond acceptors (Lipinski definition) is 2. The number of benzene rings is 3. The van der Waals surface area contributed by atoms with Gasteiger partial charge in [0.2, 0.25) is 0 Å². The number of rotatable bonds is 3. The lowest BCUT2D eigenvalue weighted by Gasteiger charge is -2.10. The Morgan fingerprint density at radius 2 is 1.70 bits per heavy atom. The van der Waals surface area contributed by atoms with Gasteiger partial charge in [-0.15, -0.1) is 0 Å². The molecule has 0 radical (unpaired) electrons. The molecule has 3 aromatic rings. The van der Waals surface area contributed by atoms with Crippen molar-refractivity contribution >= 4 is 21.5 Å². The highest BCUT2D eigenvalue weighted by atomic mass is 16.5. The summed E-state index contributed by atoms with van der Waals surface area (Å²) in [5.74, 6) is 0. The molecule has 0 amide bonds. The summed E-state index contributed by atoms with van der Waals surface area (Å²) in [5, 5.41) is 14.5. The van der Waals surface area contributed by atoms with E-state index < -0.39 is 6.10 Å². The first-order valence-electron chi connectivity index (χ1n) is 6.81. The molecule has 2 heteroatoms. The Bertz CT molecular complexity index is 760. The number of ether oxygens (including phenoxy) is 1. The minimum absolute atomic E-state index is 0.442. The second-order valence-electron chi connectivity index (χ2n) is 5.21. The summed E-state index contributed by atoms with van der Waals surface area (Å²) >= 11 is 0. The maximum atomic E-state index is 9.75. The van der Waals surface area contributed by atoms with E-state index >= 15 is 0 Å². The van der Waals surface area contributed by atoms with Gasteiger partial charge >= 0.3 is 0 Å². The number of aliphatic hydroxyl groups is 1. The lowest BCUT2D eigenvalue weighted by Crippen LogP contribution is -1.91. The molecule has 0 saturated carbocycles. The smallest absolute Gasteiger partial charge is 0.0762 e. The van der Waals surface area contributed by atoms with Gasteiger partial charge in [0.15, 0.2) is 0 Å². The van der Waals surface area contributed by atoms with Crippen molar-refractivity contribution in [2.45, 2.75) is 19.6 Å². The fraction of sp³-hybridized carbons (Fsp3) is 0.222. The third-order valence-corrected chi connectivity index (χ3v) is 3.72. The van der Waals surface area contributed by atoms with E-state index in [0.29, 0.717) is 6.61 Å². The SMILES string of the molecule is COCc1ccc2c(ccc3ccc(C(C)O)cc32)c1. The van der Waals surface area contributed by atoms with Crippen LogP contribution < -0.4 is 0 Å². The lowest BCUT2D eigenvalue weighted by atomic mass is 9.97. The van der Waals surface area contributed by atoms with Crippen LogP contribution in [0.3, 0.4) is 0 Å². The highest BCUT2D eigenvalue weighted by molar-refractivity contribution is 6.07. The molecule has 0 fully saturated rings. The molecular weight excluding hydrogens is 248 g/mol. The van der Waals surface area contributed by atoms with E-state index in [9.17, 15) is 5.11 Å². The summed E-state index contributed by atoms with van der Waals surface area (Å²) in [4.78, 5) is 0. The zero-order chi connectivity index (χ0) is 14.1. The van der Waals surface area contributed by atoms with Crippen molar-refractivity contribution in [3.05, 3.63) is 59.7 Å². The molecule has 102 valence electrons. The zero-order valence-electron chi connectivity index (χ0n) is 11.8.